The molecule has 0 bridgehead atoms. The lowest BCUT2D eigenvalue weighted by Crippen LogP contribution is -2.42. The number of hydrogen-bond acceptors (Lipinski definition) is 4. The second kappa shape index (κ2) is 8.76. The summed E-state index contributed by atoms with van der Waals surface area (Å²) in [5, 5.41) is 8.08. The highest BCUT2D eigenvalue weighted by molar-refractivity contribution is 5.95. The summed E-state index contributed by atoms with van der Waals surface area (Å²) in [6, 6.07) is 10.6. The summed E-state index contributed by atoms with van der Waals surface area (Å²) in [7, 11) is 0. The van der Waals surface area contributed by atoms with Gasteiger partial charge < -0.3 is 15.0 Å². The van der Waals surface area contributed by atoms with Crippen molar-refractivity contribution in [3.05, 3.63) is 42.2 Å². The molecule has 1 atom stereocenters. The zero-order valence-corrected chi connectivity index (χ0v) is 16.5. The van der Waals surface area contributed by atoms with Crippen LogP contribution < -0.4 is 10.1 Å². The van der Waals surface area contributed by atoms with Gasteiger partial charge in [0.05, 0.1) is 18.5 Å². The first kappa shape index (κ1) is 19.7. The number of carbonyl (C=O) groups excluding carboxylic acids is 1. The van der Waals surface area contributed by atoms with E-state index in [1.54, 1.807) is 4.68 Å². The van der Waals surface area contributed by atoms with Gasteiger partial charge >= 0.3 is 0 Å². The number of hydrogen-bond donors (Lipinski definition) is 1. The van der Waals surface area contributed by atoms with E-state index in [2.05, 4.69) is 10.4 Å². The van der Waals surface area contributed by atoms with Crippen LogP contribution in [0.3, 0.4) is 0 Å². The van der Waals surface area contributed by atoms with Crippen LogP contribution in [0, 0.1) is 0 Å². The molecule has 6 nitrogen and oxygen atoms in total. The summed E-state index contributed by atoms with van der Waals surface area (Å²) in [5.41, 5.74) is 1.34. The molecule has 2 aliphatic rings. The predicted octanol–water partition coefficient (Wildman–Crippen LogP) is 3.05. The Labute approximate surface area is 166 Å². The molecule has 1 aliphatic heterocycles. The zero-order valence-electron chi connectivity index (χ0n) is 15.6. The Morgan fingerprint density at radius 3 is 2.70 bits per heavy atom. The van der Waals surface area contributed by atoms with E-state index in [1.807, 2.05) is 48.4 Å². The molecule has 1 saturated carbocycles. The number of halogens is 1. The lowest BCUT2D eigenvalue weighted by atomic mass is 10.2. The molecule has 1 aromatic carbocycles. The van der Waals surface area contributed by atoms with Gasteiger partial charge in [-0.3, -0.25) is 4.79 Å². The van der Waals surface area contributed by atoms with Crippen molar-refractivity contribution in [2.45, 2.75) is 44.7 Å². The molecule has 2 heterocycles. The number of rotatable bonds is 7. The van der Waals surface area contributed by atoms with E-state index in [0.717, 1.165) is 38.0 Å². The lowest BCUT2D eigenvalue weighted by Gasteiger charge is -2.25. The van der Waals surface area contributed by atoms with Crippen LogP contribution in [0.2, 0.25) is 0 Å². The number of aromatic nitrogens is 2. The van der Waals surface area contributed by atoms with Crippen LogP contribution in [0.5, 0.6) is 5.75 Å². The fourth-order valence-electron chi connectivity index (χ4n) is 3.55. The van der Waals surface area contributed by atoms with E-state index in [9.17, 15) is 4.79 Å². The third kappa shape index (κ3) is 4.45. The molecule has 27 heavy (non-hydrogen) atoms. The van der Waals surface area contributed by atoms with E-state index < -0.39 is 0 Å². The minimum Gasteiger partial charge on any atom is -0.490 e. The number of amides is 1. The molecule has 1 N–H and O–H groups in total. The zero-order chi connectivity index (χ0) is 17.9. The van der Waals surface area contributed by atoms with Crippen molar-refractivity contribution >= 4 is 18.3 Å². The van der Waals surface area contributed by atoms with Crippen LogP contribution in [0.1, 0.15) is 43.1 Å². The van der Waals surface area contributed by atoms with Crippen molar-refractivity contribution in [3.63, 3.8) is 0 Å². The Morgan fingerprint density at radius 2 is 2.07 bits per heavy atom. The highest BCUT2D eigenvalue weighted by Crippen LogP contribution is 2.31. The Bertz CT molecular complexity index is 755. The van der Waals surface area contributed by atoms with Gasteiger partial charge in [0.25, 0.3) is 5.91 Å². The summed E-state index contributed by atoms with van der Waals surface area (Å²) in [4.78, 5) is 15.3. The average molecular weight is 391 g/mol. The fraction of sp³-hybridized carbons (Fsp3) is 0.500. The Balaban J connectivity index is 0.00000210. The maximum absolute atomic E-state index is 13.3. The SMILES string of the molecule is CCOc1cn(-c2ccccc2)nc1C(=O)N(CC1CCCN1)C1CC1.Cl. The van der Waals surface area contributed by atoms with Gasteiger partial charge in [-0.05, 0) is 51.3 Å². The average Bonchev–Trinajstić information content (AvgIpc) is 3.21. The number of benzene rings is 1. The monoisotopic (exact) mass is 390 g/mol. The first-order valence-corrected chi connectivity index (χ1v) is 9.58. The molecule has 7 heteroatoms. The van der Waals surface area contributed by atoms with Crippen molar-refractivity contribution < 1.29 is 9.53 Å². The number of carbonyl (C=O) groups is 1. The molecule has 4 rings (SSSR count). The molecule has 1 aromatic heterocycles. The van der Waals surface area contributed by atoms with Crippen molar-refractivity contribution in [2.24, 2.45) is 0 Å². The van der Waals surface area contributed by atoms with Gasteiger partial charge in [-0.1, -0.05) is 18.2 Å². The summed E-state index contributed by atoms with van der Waals surface area (Å²) >= 11 is 0. The molecular formula is C20H27ClN4O2. The second-order valence-corrected chi connectivity index (χ2v) is 7.04. The maximum Gasteiger partial charge on any atom is 0.278 e. The van der Waals surface area contributed by atoms with Crippen molar-refractivity contribution in [1.29, 1.82) is 0 Å². The van der Waals surface area contributed by atoms with E-state index >= 15 is 0 Å². The molecule has 2 aromatic rings. The quantitative estimate of drug-likeness (QED) is 0.789. The third-order valence-corrected chi connectivity index (χ3v) is 5.03. The number of nitrogens with one attached hydrogen (secondary N) is 1. The molecule has 0 radical (unpaired) electrons. The number of para-hydroxylation sites is 1. The van der Waals surface area contributed by atoms with Gasteiger partial charge in [0, 0.05) is 18.6 Å². The summed E-state index contributed by atoms with van der Waals surface area (Å²) in [6.07, 6.45) is 6.30. The molecule has 146 valence electrons. The Morgan fingerprint density at radius 1 is 1.30 bits per heavy atom. The lowest BCUT2D eigenvalue weighted by molar-refractivity contribution is 0.0718. The van der Waals surface area contributed by atoms with Crippen molar-refractivity contribution in [2.75, 3.05) is 19.7 Å². The smallest absolute Gasteiger partial charge is 0.278 e. The van der Waals surface area contributed by atoms with Gasteiger partial charge in [-0.25, -0.2) is 4.68 Å². The normalized spacial score (nSPS) is 18.8. The number of nitrogens with zero attached hydrogens (tertiary/aromatic N) is 3. The van der Waals surface area contributed by atoms with E-state index in [-0.39, 0.29) is 18.3 Å². The largest absolute Gasteiger partial charge is 0.490 e. The van der Waals surface area contributed by atoms with Gasteiger partial charge in [0.15, 0.2) is 11.4 Å². The summed E-state index contributed by atoms with van der Waals surface area (Å²) in [5.74, 6) is 0.547. The van der Waals surface area contributed by atoms with E-state index in [1.165, 1.54) is 6.42 Å². The van der Waals surface area contributed by atoms with Crippen molar-refractivity contribution in [3.8, 4) is 11.4 Å². The highest BCUT2D eigenvalue weighted by atomic mass is 35.5. The second-order valence-electron chi connectivity index (χ2n) is 7.04. The number of ether oxygens (including phenoxy) is 1. The first-order valence-electron chi connectivity index (χ1n) is 9.58. The standard InChI is InChI=1S/C20H26N4O2.ClH/c1-2-26-18-14-24(17-8-4-3-5-9-17)22-19(18)20(25)23(16-10-11-16)13-15-7-6-12-21-15;/h3-5,8-9,14-16,21H,2,6-7,10-13H2,1H3;1H. The molecule has 2 fully saturated rings. The predicted molar refractivity (Wildman–Crippen MR) is 107 cm³/mol. The molecule has 0 spiro atoms. The minimum absolute atomic E-state index is 0. The van der Waals surface area contributed by atoms with Crippen LogP contribution in [0.4, 0.5) is 0 Å². The Kier molecular flexibility index (Phi) is 6.39. The summed E-state index contributed by atoms with van der Waals surface area (Å²) < 4.78 is 7.47. The Hall–Kier alpha value is -2.05. The van der Waals surface area contributed by atoms with Crippen LogP contribution in [0.25, 0.3) is 5.69 Å². The molecule has 1 unspecified atom stereocenters. The van der Waals surface area contributed by atoms with E-state index in [4.69, 9.17) is 4.74 Å². The van der Waals surface area contributed by atoms with E-state index in [0.29, 0.717) is 30.1 Å². The van der Waals surface area contributed by atoms with Gasteiger partial charge in [0.2, 0.25) is 0 Å². The molecule has 1 aliphatic carbocycles. The van der Waals surface area contributed by atoms with Gasteiger partial charge in [-0.15, -0.1) is 12.4 Å². The van der Waals surface area contributed by atoms with Crippen LogP contribution in [-0.4, -0.2) is 52.4 Å². The van der Waals surface area contributed by atoms with Gasteiger partial charge in [-0.2, -0.15) is 5.10 Å². The minimum atomic E-state index is -0.0145. The maximum atomic E-state index is 13.3. The first-order chi connectivity index (χ1) is 12.8. The van der Waals surface area contributed by atoms with Crippen molar-refractivity contribution in [1.82, 2.24) is 20.0 Å². The van der Waals surface area contributed by atoms with Crippen LogP contribution in [0.15, 0.2) is 36.5 Å². The topological polar surface area (TPSA) is 59.4 Å². The van der Waals surface area contributed by atoms with Crippen LogP contribution in [-0.2, 0) is 0 Å². The summed E-state index contributed by atoms with van der Waals surface area (Å²) in [6.45, 7) is 4.24. The van der Waals surface area contributed by atoms with Crippen LogP contribution >= 0.6 is 12.4 Å². The highest BCUT2D eigenvalue weighted by Gasteiger charge is 2.37. The fourth-order valence-corrected chi connectivity index (χ4v) is 3.55. The molecule has 1 amide bonds. The molecular weight excluding hydrogens is 364 g/mol. The van der Waals surface area contributed by atoms with Gasteiger partial charge in [0.1, 0.15) is 0 Å². The third-order valence-electron chi connectivity index (χ3n) is 5.03. The molecule has 1 saturated heterocycles.